The molecule has 1 amide bonds. The Morgan fingerprint density at radius 1 is 0.846 bits per heavy atom. The van der Waals surface area contributed by atoms with Crippen molar-refractivity contribution < 1.29 is 52.2 Å². The Kier molecular flexibility index (Phi) is 9.29. The Morgan fingerprint density at radius 2 is 1.38 bits per heavy atom. The summed E-state index contributed by atoms with van der Waals surface area (Å²) in [5.41, 5.74) is -0.241. The van der Waals surface area contributed by atoms with E-state index in [1.807, 2.05) is 27.7 Å². The average molecular weight is 549 g/mol. The highest BCUT2D eigenvalue weighted by Crippen LogP contribution is 2.36. The third-order valence-electron chi connectivity index (χ3n) is 6.73. The molecule has 2 saturated heterocycles. The maximum atomic E-state index is 12.1. The summed E-state index contributed by atoms with van der Waals surface area (Å²) in [5, 5.41) is 2.67. The summed E-state index contributed by atoms with van der Waals surface area (Å²) >= 11 is 0. The molecule has 214 valence electrons. The minimum absolute atomic E-state index is 0.321. The van der Waals surface area contributed by atoms with E-state index in [-0.39, 0.29) is 6.61 Å². The Balaban J connectivity index is 1.89. The van der Waals surface area contributed by atoms with Crippen LogP contribution in [-0.4, -0.2) is 79.4 Å². The molecular weight excluding hydrogens is 513 g/mol. The second kappa shape index (κ2) is 11.9. The second-order valence-electron chi connectivity index (χ2n) is 10.5. The van der Waals surface area contributed by atoms with Crippen molar-refractivity contribution in [3.05, 3.63) is 24.3 Å². The number of hydrogen-bond donors (Lipinski definition) is 1. The van der Waals surface area contributed by atoms with E-state index in [0.29, 0.717) is 5.75 Å². The van der Waals surface area contributed by atoms with Crippen molar-refractivity contribution in [3.63, 3.8) is 0 Å². The van der Waals surface area contributed by atoms with Gasteiger partial charge in [0.05, 0.1) is 11.2 Å². The number of carbonyl (C=O) groups is 4. The molecule has 2 aliphatic rings. The molecule has 2 fully saturated rings. The molecule has 1 N–H and O–H groups in total. The number of carbonyl (C=O) groups excluding carboxylic acids is 4. The minimum Gasteiger partial charge on any atom is -0.463 e. The lowest BCUT2D eigenvalue weighted by Gasteiger charge is -2.44. The quantitative estimate of drug-likeness (QED) is 0.282. The van der Waals surface area contributed by atoms with Crippen molar-refractivity contribution in [3.8, 4) is 5.75 Å². The van der Waals surface area contributed by atoms with Crippen LogP contribution in [0.2, 0.25) is 0 Å². The Labute approximate surface area is 228 Å². The fraction of sp³-hybridized carbons (Fsp3) is 0.615. The van der Waals surface area contributed by atoms with Crippen LogP contribution in [0.25, 0.3) is 0 Å². The predicted octanol–water partition coefficient (Wildman–Crippen LogP) is 1.02. The number of rotatable bonds is 8. The van der Waals surface area contributed by atoms with Gasteiger partial charge in [0.1, 0.15) is 24.5 Å². The topological polar surface area (TPSA) is 145 Å². The molecule has 0 aromatic heterocycles. The summed E-state index contributed by atoms with van der Waals surface area (Å²) < 4.78 is 40.3. The monoisotopic (exact) mass is 549 g/mol. The average Bonchev–Trinajstić information content (AvgIpc) is 3.02. The highest BCUT2D eigenvalue weighted by atomic mass is 16.7. The molecule has 0 bridgehead atoms. The number of ether oxygens (including phenoxy) is 5. The fourth-order valence-electron chi connectivity index (χ4n) is 4.21. The minimum atomic E-state index is -1.21. The van der Waals surface area contributed by atoms with E-state index in [0.717, 1.165) is 5.46 Å². The lowest BCUT2D eigenvalue weighted by Crippen LogP contribution is -2.67. The maximum absolute atomic E-state index is 12.1. The molecule has 1 aromatic carbocycles. The number of benzene rings is 1. The molecule has 13 heteroatoms. The van der Waals surface area contributed by atoms with Gasteiger partial charge in [-0.05, 0) is 45.3 Å². The van der Waals surface area contributed by atoms with Gasteiger partial charge in [-0.15, -0.1) is 0 Å². The molecule has 0 saturated carbocycles. The lowest BCUT2D eigenvalue weighted by molar-refractivity contribution is -0.257. The van der Waals surface area contributed by atoms with Gasteiger partial charge in [0.25, 0.3) is 0 Å². The summed E-state index contributed by atoms with van der Waals surface area (Å²) in [6.45, 7) is 12.4. The van der Waals surface area contributed by atoms with E-state index in [2.05, 4.69) is 5.32 Å². The first kappa shape index (κ1) is 30.4. The van der Waals surface area contributed by atoms with Gasteiger partial charge >= 0.3 is 25.0 Å². The number of amides is 1. The number of esters is 3. The standard InChI is InChI=1S/C26H36BNO11/c1-14(29)28-21-23(35-17(4)32)22(34-16(3)31)20(13-33-15(2)30)37-24(21)36-19-11-9-18(10-12-19)27-38-25(5,6)26(7,8)39-27/h9-12,20-24H,13H2,1-8H3,(H,28,29)/t20?,21?,22-,23?,24-/m1/s1. The zero-order valence-corrected chi connectivity index (χ0v) is 23.5. The SMILES string of the molecule is CC(=O)NC1C(OC(C)=O)[C@H](OC(C)=O)C(COC(C)=O)O[C@H]1Oc1ccc(B2OC(C)(C)C(C)(C)O2)cc1. The summed E-state index contributed by atoms with van der Waals surface area (Å²) in [7, 11) is -0.576. The van der Waals surface area contributed by atoms with Crippen molar-refractivity contribution in [2.45, 2.75) is 97.2 Å². The van der Waals surface area contributed by atoms with Gasteiger partial charge in [-0.2, -0.15) is 0 Å². The largest absolute Gasteiger partial charge is 0.494 e. The van der Waals surface area contributed by atoms with Crippen LogP contribution in [-0.2, 0) is 47.4 Å². The Hall–Kier alpha value is -3.16. The van der Waals surface area contributed by atoms with Crippen molar-refractivity contribution in [2.24, 2.45) is 0 Å². The van der Waals surface area contributed by atoms with Gasteiger partial charge in [-0.1, -0.05) is 12.1 Å². The van der Waals surface area contributed by atoms with Gasteiger partial charge in [0, 0.05) is 27.7 Å². The highest BCUT2D eigenvalue weighted by molar-refractivity contribution is 6.62. The van der Waals surface area contributed by atoms with Crippen LogP contribution in [0.1, 0.15) is 55.4 Å². The normalized spacial score (nSPS) is 27.3. The molecule has 3 unspecified atom stereocenters. The van der Waals surface area contributed by atoms with Crippen LogP contribution < -0.4 is 15.5 Å². The zero-order valence-electron chi connectivity index (χ0n) is 23.5. The number of nitrogens with one attached hydrogen (secondary N) is 1. The summed E-state index contributed by atoms with van der Waals surface area (Å²) in [6, 6.07) is 5.82. The zero-order chi connectivity index (χ0) is 29.1. The van der Waals surface area contributed by atoms with Gasteiger partial charge in [-0.3, -0.25) is 19.2 Å². The molecule has 2 aliphatic heterocycles. The van der Waals surface area contributed by atoms with Gasteiger partial charge in [-0.25, -0.2) is 0 Å². The highest BCUT2D eigenvalue weighted by Gasteiger charge is 2.53. The maximum Gasteiger partial charge on any atom is 0.494 e. The van der Waals surface area contributed by atoms with Crippen molar-refractivity contribution in [1.82, 2.24) is 5.32 Å². The van der Waals surface area contributed by atoms with E-state index in [9.17, 15) is 19.2 Å². The van der Waals surface area contributed by atoms with E-state index in [1.165, 1.54) is 27.7 Å². The van der Waals surface area contributed by atoms with Crippen LogP contribution in [0.4, 0.5) is 0 Å². The Bertz CT molecular complexity index is 1060. The molecule has 0 aliphatic carbocycles. The molecule has 5 atom stereocenters. The van der Waals surface area contributed by atoms with E-state index in [4.69, 9.17) is 33.0 Å². The van der Waals surface area contributed by atoms with Gasteiger partial charge < -0.3 is 38.3 Å². The van der Waals surface area contributed by atoms with E-state index in [1.54, 1.807) is 24.3 Å². The molecule has 1 aromatic rings. The lowest BCUT2D eigenvalue weighted by atomic mass is 9.79. The fourth-order valence-corrected chi connectivity index (χ4v) is 4.21. The summed E-state index contributed by atoms with van der Waals surface area (Å²) in [5.74, 6) is -2.08. The van der Waals surface area contributed by atoms with Crippen LogP contribution in [0.5, 0.6) is 5.75 Å². The molecule has 0 radical (unpaired) electrons. The molecule has 12 nitrogen and oxygen atoms in total. The summed E-state index contributed by atoms with van der Waals surface area (Å²) in [4.78, 5) is 47.5. The van der Waals surface area contributed by atoms with E-state index >= 15 is 0 Å². The second-order valence-corrected chi connectivity index (χ2v) is 10.5. The van der Waals surface area contributed by atoms with Gasteiger partial charge in [0.2, 0.25) is 12.2 Å². The molecular formula is C26H36BNO11. The third-order valence-corrected chi connectivity index (χ3v) is 6.73. The first-order valence-corrected chi connectivity index (χ1v) is 12.6. The van der Waals surface area contributed by atoms with Crippen LogP contribution in [0.3, 0.4) is 0 Å². The third kappa shape index (κ3) is 7.49. The molecule has 2 heterocycles. The van der Waals surface area contributed by atoms with Crippen molar-refractivity contribution in [1.29, 1.82) is 0 Å². The first-order chi connectivity index (χ1) is 18.1. The number of hydrogen-bond acceptors (Lipinski definition) is 11. The smallest absolute Gasteiger partial charge is 0.463 e. The molecule has 0 spiro atoms. The summed E-state index contributed by atoms with van der Waals surface area (Å²) in [6.07, 6.45) is -4.69. The van der Waals surface area contributed by atoms with Crippen LogP contribution >= 0.6 is 0 Å². The van der Waals surface area contributed by atoms with Crippen molar-refractivity contribution in [2.75, 3.05) is 6.61 Å². The Morgan fingerprint density at radius 3 is 1.87 bits per heavy atom. The van der Waals surface area contributed by atoms with Gasteiger partial charge in [0.15, 0.2) is 12.2 Å². The van der Waals surface area contributed by atoms with Crippen LogP contribution in [0, 0.1) is 0 Å². The first-order valence-electron chi connectivity index (χ1n) is 12.6. The van der Waals surface area contributed by atoms with Crippen LogP contribution in [0.15, 0.2) is 24.3 Å². The van der Waals surface area contributed by atoms with E-state index < -0.39 is 72.8 Å². The molecule has 39 heavy (non-hydrogen) atoms. The molecule has 3 rings (SSSR count). The van der Waals surface area contributed by atoms with Crippen molar-refractivity contribution >= 4 is 36.4 Å². The predicted molar refractivity (Wildman–Crippen MR) is 137 cm³/mol.